The molecule has 2 aromatic carbocycles. The monoisotopic (exact) mass is 571 g/mol. The Morgan fingerprint density at radius 1 is 1.05 bits per heavy atom. The first-order chi connectivity index (χ1) is 17.2. The van der Waals surface area contributed by atoms with E-state index in [4.69, 9.17) is 32.7 Å². The van der Waals surface area contributed by atoms with Gasteiger partial charge in [0.05, 0.1) is 11.9 Å². The van der Waals surface area contributed by atoms with Crippen molar-refractivity contribution in [2.75, 3.05) is 30.3 Å². The maximum Gasteiger partial charge on any atom is 0.244 e. The molecule has 2 aromatic rings. The molecule has 0 radical (unpaired) electrons. The van der Waals surface area contributed by atoms with Crippen molar-refractivity contribution in [3.63, 3.8) is 0 Å². The van der Waals surface area contributed by atoms with Gasteiger partial charge in [-0.3, -0.25) is 13.9 Å². The number of carbonyl (C=O) groups is 2. The molecule has 2 amide bonds. The van der Waals surface area contributed by atoms with Gasteiger partial charge in [-0.1, -0.05) is 29.3 Å². The first-order valence-electron chi connectivity index (χ1n) is 11.6. The molecule has 0 spiro atoms. The molecule has 0 saturated heterocycles. The van der Waals surface area contributed by atoms with E-state index < -0.39 is 40.0 Å². The summed E-state index contributed by atoms with van der Waals surface area (Å²) in [6, 6.07) is 8.55. The highest BCUT2D eigenvalue weighted by atomic mass is 35.5. The van der Waals surface area contributed by atoms with Crippen LogP contribution in [0.15, 0.2) is 36.4 Å². The summed E-state index contributed by atoms with van der Waals surface area (Å²) in [6.07, 6.45) is 1.01. The van der Waals surface area contributed by atoms with Crippen LogP contribution in [0.2, 0.25) is 10.0 Å². The van der Waals surface area contributed by atoms with Gasteiger partial charge in [-0.05, 0) is 57.5 Å². The van der Waals surface area contributed by atoms with Crippen molar-refractivity contribution in [1.29, 1.82) is 0 Å². The Labute approximate surface area is 227 Å². The zero-order chi connectivity index (χ0) is 27.5. The molecule has 1 aliphatic heterocycles. The SMILES string of the molecule is C[C@@H](C(=O)NC(C)(C)C)N(Cc1ccc(Cl)cc1Cl)C(=O)CN(c1ccc2c(c1)OCCO2)S(C)(=O)=O. The number of carbonyl (C=O) groups excluding carboxylic acids is 2. The summed E-state index contributed by atoms with van der Waals surface area (Å²) in [5, 5.41) is 3.61. The van der Waals surface area contributed by atoms with E-state index in [2.05, 4.69) is 5.32 Å². The van der Waals surface area contributed by atoms with Crippen LogP contribution in [0.5, 0.6) is 11.5 Å². The van der Waals surface area contributed by atoms with Gasteiger partial charge in [-0.15, -0.1) is 0 Å². The predicted molar refractivity (Wildman–Crippen MR) is 144 cm³/mol. The molecular formula is C25H31Cl2N3O6S. The molecule has 0 aliphatic carbocycles. The topological polar surface area (TPSA) is 105 Å². The number of hydrogen-bond acceptors (Lipinski definition) is 6. The average Bonchev–Trinajstić information content (AvgIpc) is 2.79. The minimum atomic E-state index is -3.89. The molecular weight excluding hydrogens is 541 g/mol. The maximum absolute atomic E-state index is 13.7. The fourth-order valence-corrected chi connectivity index (χ4v) is 5.00. The Kier molecular flexibility index (Phi) is 8.87. The summed E-state index contributed by atoms with van der Waals surface area (Å²) in [5.41, 5.74) is 0.249. The molecule has 0 bridgehead atoms. The Hall–Kier alpha value is -2.69. The molecule has 0 aromatic heterocycles. The van der Waals surface area contributed by atoms with E-state index >= 15 is 0 Å². The number of sulfonamides is 1. The van der Waals surface area contributed by atoms with E-state index in [0.717, 1.165) is 10.6 Å². The zero-order valence-electron chi connectivity index (χ0n) is 21.4. The lowest BCUT2D eigenvalue weighted by Crippen LogP contribution is -2.54. The summed E-state index contributed by atoms with van der Waals surface area (Å²) >= 11 is 12.4. The predicted octanol–water partition coefficient (Wildman–Crippen LogP) is 3.86. The lowest BCUT2D eigenvalue weighted by molar-refractivity contribution is -0.140. The van der Waals surface area contributed by atoms with E-state index in [9.17, 15) is 18.0 Å². The number of anilines is 1. The summed E-state index contributed by atoms with van der Waals surface area (Å²) < 4.78 is 37.6. The van der Waals surface area contributed by atoms with Crippen LogP contribution in [0.25, 0.3) is 0 Å². The van der Waals surface area contributed by atoms with E-state index in [0.29, 0.717) is 40.3 Å². The van der Waals surface area contributed by atoms with Crippen LogP contribution in [0.1, 0.15) is 33.3 Å². The third-order valence-electron chi connectivity index (χ3n) is 5.51. The molecule has 3 rings (SSSR count). The summed E-state index contributed by atoms with van der Waals surface area (Å²) in [5.74, 6) is -0.118. The summed E-state index contributed by atoms with van der Waals surface area (Å²) in [4.78, 5) is 28.0. The zero-order valence-corrected chi connectivity index (χ0v) is 23.7. The lowest BCUT2D eigenvalue weighted by atomic mass is 10.1. The second-order valence-corrected chi connectivity index (χ2v) is 12.5. The van der Waals surface area contributed by atoms with Gasteiger partial charge in [0.25, 0.3) is 0 Å². The number of halogens is 2. The number of rotatable bonds is 8. The third-order valence-corrected chi connectivity index (χ3v) is 7.24. The van der Waals surface area contributed by atoms with Gasteiger partial charge >= 0.3 is 0 Å². The first-order valence-corrected chi connectivity index (χ1v) is 14.2. The minimum Gasteiger partial charge on any atom is -0.486 e. The highest BCUT2D eigenvalue weighted by Gasteiger charge is 2.32. The van der Waals surface area contributed by atoms with Gasteiger partial charge in [0.15, 0.2) is 11.5 Å². The Morgan fingerprint density at radius 2 is 1.70 bits per heavy atom. The maximum atomic E-state index is 13.7. The molecule has 1 heterocycles. The number of benzene rings is 2. The van der Waals surface area contributed by atoms with E-state index in [1.54, 1.807) is 31.2 Å². The van der Waals surface area contributed by atoms with E-state index in [-0.39, 0.29) is 12.2 Å². The Bertz CT molecular complexity index is 1280. The van der Waals surface area contributed by atoms with Crippen molar-refractivity contribution < 1.29 is 27.5 Å². The summed E-state index contributed by atoms with van der Waals surface area (Å²) in [7, 11) is -3.89. The number of ether oxygens (including phenoxy) is 2. The van der Waals surface area contributed by atoms with Crippen LogP contribution in [0, 0.1) is 0 Å². The van der Waals surface area contributed by atoms with Crippen LogP contribution in [-0.4, -0.2) is 62.7 Å². The lowest BCUT2D eigenvalue weighted by Gasteiger charge is -2.33. The van der Waals surface area contributed by atoms with Crippen molar-refractivity contribution in [2.45, 2.75) is 45.8 Å². The number of hydrogen-bond donors (Lipinski definition) is 1. The quantitative estimate of drug-likeness (QED) is 0.515. The van der Waals surface area contributed by atoms with Gasteiger partial charge in [0.2, 0.25) is 21.8 Å². The molecule has 1 aliphatic rings. The number of fused-ring (bicyclic) bond motifs is 1. The van der Waals surface area contributed by atoms with E-state index in [1.165, 1.54) is 17.0 Å². The van der Waals surface area contributed by atoms with Crippen LogP contribution >= 0.6 is 23.2 Å². The molecule has 0 saturated carbocycles. The normalized spacial score (nSPS) is 14.0. The second-order valence-electron chi connectivity index (χ2n) is 9.77. The molecule has 37 heavy (non-hydrogen) atoms. The highest BCUT2D eigenvalue weighted by Crippen LogP contribution is 2.35. The molecule has 12 heteroatoms. The largest absolute Gasteiger partial charge is 0.486 e. The average molecular weight is 573 g/mol. The highest BCUT2D eigenvalue weighted by molar-refractivity contribution is 7.92. The smallest absolute Gasteiger partial charge is 0.244 e. The number of nitrogens with one attached hydrogen (secondary N) is 1. The van der Waals surface area contributed by atoms with Gasteiger partial charge in [0, 0.05) is 28.2 Å². The Balaban J connectivity index is 1.95. The van der Waals surface area contributed by atoms with Crippen molar-refractivity contribution in [3.8, 4) is 11.5 Å². The Morgan fingerprint density at radius 3 is 2.30 bits per heavy atom. The molecule has 1 atom stereocenters. The van der Waals surface area contributed by atoms with Crippen molar-refractivity contribution in [1.82, 2.24) is 10.2 Å². The van der Waals surface area contributed by atoms with Gasteiger partial charge in [-0.2, -0.15) is 0 Å². The molecule has 0 unspecified atom stereocenters. The third kappa shape index (κ3) is 7.66. The van der Waals surface area contributed by atoms with Gasteiger partial charge in [-0.25, -0.2) is 8.42 Å². The molecule has 202 valence electrons. The van der Waals surface area contributed by atoms with Crippen molar-refractivity contribution in [2.24, 2.45) is 0 Å². The number of amides is 2. The van der Waals surface area contributed by atoms with Crippen molar-refractivity contribution >= 4 is 50.7 Å². The van der Waals surface area contributed by atoms with E-state index in [1.807, 2.05) is 20.8 Å². The molecule has 1 N–H and O–H groups in total. The van der Waals surface area contributed by atoms with Gasteiger partial charge < -0.3 is 19.7 Å². The van der Waals surface area contributed by atoms with Crippen LogP contribution in [0.4, 0.5) is 5.69 Å². The second kappa shape index (κ2) is 11.4. The summed E-state index contributed by atoms with van der Waals surface area (Å²) in [6.45, 7) is 7.19. The fraction of sp³-hybridized carbons (Fsp3) is 0.440. The molecule has 9 nitrogen and oxygen atoms in total. The fourth-order valence-electron chi connectivity index (χ4n) is 3.69. The molecule has 0 fully saturated rings. The number of nitrogens with zero attached hydrogens (tertiary/aromatic N) is 2. The minimum absolute atomic E-state index is 0.0354. The van der Waals surface area contributed by atoms with Gasteiger partial charge in [0.1, 0.15) is 25.8 Å². The first kappa shape index (κ1) is 28.9. The van der Waals surface area contributed by atoms with Crippen LogP contribution in [0.3, 0.4) is 0 Å². The standard InChI is InChI=1S/C25H31Cl2N3O6S/c1-16(24(32)28-25(2,3)4)29(14-17-6-7-18(26)12-20(17)27)23(31)15-30(37(5,33)34)19-8-9-21-22(13-19)36-11-10-35-21/h6-9,12-13,16H,10-11,14-15H2,1-5H3,(H,28,32)/t16-/m0/s1. The van der Waals surface area contributed by atoms with Crippen LogP contribution in [-0.2, 0) is 26.2 Å². The van der Waals surface area contributed by atoms with Crippen molar-refractivity contribution in [3.05, 3.63) is 52.0 Å². The van der Waals surface area contributed by atoms with Crippen LogP contribution < -0.4 is 19.1 Å².